The van der Waals surface area contributed by atoms with Gasteiger partial charge in [-0.2, -0.15) is 0 Å². The smallest absolute Gasteiger partial charge is 0.119 e. The normalized spacial score (nSPS) is 13.3. The minimum atomic E-state index is 0.737. The molecule has 0 aliphatic rings. The number of carbonyl (C=O) groups excluding carboxylic acids is 1. The lowest BCUT2D eigenvalue weighted by molar-refractivity contribution is -0.108. The van der Waals surface area contributed by atoms with Crippen molar-refractivity contribution in [1.82, 2.24) is 0 Å². The van der Waals surface area contributed by atoms with E-state index in [9.17, 15) is 4.79 Å². The van der Waals surface area contributed by atoms with E-state index in [4.69, 9.17) is 0 Å². The summed E-state index contributed by atoms with van der Waals surface area (Å²) < 4.78 is 0. The van der Waals surface area contributed by atoms with Gasteiger partial charge in [-0.1, -0.05) is 38.8 Å². The van der Waals surface area contributed by atoms with Crippen LogP contribution >= 0.6 is 0 Å². The lowest BCUT2D eigenvalue weighted by Crippen LogP contribution is -1.98. The highest BCUT2D eigenvalue weighted by Crippen LogP contribution is 2.18. The number of rotatable bonds is 9. The van der Waals surface area contributed by atoms with Gasteiger partial charge in [0.15, 0.2) is 0 Å². The summed E-state index contributed by atoms with van der Waals surface area (Å²) in [7, 11) is 0. The van der Waals surface area contributed by atoms with Crippen molar-refractivity contribution < 1.29 is 4.79 Å². The lowest BCUT2D eigenvalue weighted by atomic mass is 9.94. The lowest BCUT2D eigenvalue weighted by Gasteiger charge is -2.12. The van der Waals surface area contributed by atoms with Gasteiger partial charge in [0.25, 0.3) is 0 Å². The number of hydrogen-bond donors (Lipinski definition) is 0. The SMILES string of the molecule is CCC=CCCC(CC)CCCC=O. The van der Waals surface area contributed by atoms with Gasteiger partial charge < -0.3 is 4.79 Å². The molecule has 0 N–H and O–H groups in total. The largest absolute Gasteiger partial charge is 0.303 e. The van der Waals surface area contributed by atoms with E-state index in [1.54, 1.807) is 0 Å². The molecule has 0 rings (SSSR count). The number of hydrogen-bond acceptors (Lipinski definition) is 1. The zero-order valence-electron chi connectivity index (χ0n) is 9.67. The first kappa shape index (κ1) is 13.4. The van der Waals surface area contributed by atoms with E-state index in [0.717, 1.165) is 31.5 Å². The Kier molecular flexibility index (Phi) is 10.0. The third kappa shape index (κ3) is 8.03. The second kappa shape index (κ2) is 10.5. The Balaban J connectivity index is 3.47. The van der Waals surface area contributed by atoms with Crippen molar-refractivity contribution in [2.75, 3.05) is 0 Å². The van der Waals surface area contributed by atoms with Crippen molar-refractivity contribution in [3.63, 3.8) is 0 Å². The molecule has 0 fully saturated rings. The van der Waals surface area contributed by atoms with Crippen molar-refractivity contribution in [1.29, 1.82) is 0 Å². The van der Waals surface area contributed by atoms with Crippen molar-refractivity contribution in [3.05, 3.63) is 12.2 Å². The van der Waals surface area contributed by atoms with Crippen LogP contribution in [-0.2, 0) is 4.79 Å². The number of allylic oxidation sites excluding steroid dienone is 2. The molecule has 1 unspecified atom stereocenters. The average molecular weight is 196 g/mol. The Bertz CT molecular complexity index is 149. The molecule has 0 saturated heterocycles. The van der Waals surface area contributed by atoms with Crippen LogP contribution in [0.4, 0.5) is 0 Å². The van der Waals surface area contributed by atoms with Gasteiger partial charge in [-0.3, -0.25) is 0 Å². The molecule has 0 heterocycles. The Morgan fingerprint density at radius 3 is 2.43 bits per heavy atom. The molecule has 1 nitrogen and oxygen atoms in total. The van der Waals surface area contributed by atoms with Crippen LogP contribution in [-0.4, -0.2) is 6.29 Å². The van der Waals surface area contributed by atoms with Crippen LogP contribution in [0.1, 0.15) is 58.8 Å². The van der Waals surface area contributed by atoms with E-state index in [1.807, 2.05) is 0 Å². The van der Waals surface area contributed by atoms with Crippen molar-refractivity contribution in [3.8, 4) is 0 Å². The fourth-order valence-electron chi connectivity index (χ4n) is 1.66. The molecule has 14 heavy (non-hydrogen) atoms. The maximum absolute atomic E-state index is 10.2. The van der Waals surface area contributed by atoms with E-state index in [0.29, 0.717) is 0 Å². The summed E-state index contributed by atoms with van der Waals surface area (Å²) in [6.45, 7) is 4.41. The van der Waals surface area contributed by atoms with Crippen LogP contribution < -0.4 is 0 Å². The zero-order chi connectivity index (χ0) is 10.6. The van der Waals surface area contributed by atoms with Crippen LogP contribution in [0.15, 0.2) is 12.2 Å². The van der Waals surface area contributed by atoms with E-state index in [1.165, 1.54) is 25.7 Å². The average Bonchev–Trinajstić information content (AvgIpc) is 2.22. The van der Waals surface area contributed by atoms with Gasteiger partial charge in [0.05, 0.1) is 0 Å². The van der Waals surface area contributed by atoms with E-state index in [2.05, 4.69) is 26.0 Å². The predicted molar refractivity (Wildman–Crippen MR) is 62.4 cm³/mol. The van der Waals surface area contributed by atoms with Crippen molar-refractivity contribution >= 4 is 6.29 Å². The van der Waals surface area contributed by atoms with E-state index < -0.39 is 0 Å². The summed E-state index contributed by atoms with van der Waals surface area (Å²) in [6.07, 6.45) is 13.4. The summed E-state index contributed by atoms with van der Waals surface area (Å²) >= 11 is 0. The highest BCUT2D eigenvalue weighted by molar-refractivity contribution is 5.48. The Labute approximate surface area is 88.6 Å². The number of aldehydes is 1. The molecule has 0 bridgehead atoms. The molecule has 0 aromatic heterocycles. The Hall–Kier alpha value is -0.590. The van der Waals surface area contributed by atoms with Gasteiger partial charge >= 0.3 is 0 Å². The minimum Gasteiger partial charge on any atom is -0.303 e. The predicted octanol–water partition coefficient (Wildman–Crippen LogP) is 4.13. The third-order valence-electron chi connectivity index (χ3n) is 2.66. The standard InChI is InChI=1S/C13H24O/c1-3-5-6-7-10-13(4-2)11-8-9-12-14/h5-6,12-13H,3-4,7-11H2,1-2H3. The summed E-state index contributed by atoms with van der Waals surface area (Å²) in [5.41, 5.74) is 0. The molecule has 82 valence electrons. The van der Waals surface area contributed by atoms with Gasteiger partial charge in [0.1, 0.15) is 6.29 Å². The first-order chi connectivity index (χ1) is 6.85. The maximum Gasteiger partial charge on any atom is 0.119 e. The highest BCUT2D eigenvalue weighted by Gasteiger charge is 2.04. The Morgan fingerprint density at radius 2 is 1.86 bits per heavy atom. The monoisotopic (exact) mass is 196 g/mol. The van der Waals surface area contributed by atoms with Gasteiger partial charge in [-0.25, -0.2) is 0 Å². The molecular formula is C13H24O. The second-order valence-corrected chi connectivity index (χ2v) is 3.83. The number of unbranched alkanes of at least 4 members (excludes halogenated alkanes) is 1. The summed E-state index contributed by atoms with van der Waals surface area (Å²) in [5, 5.41) is 0. The molecule has 0 saturated carbocycles. The van der Waals surface area contributed by atoms with Gasteiger partial charge in [0.2, 0.25) is 0 Å². The number of carbonyl (C=O) groups is 1. The van der Waals surface area contributed by atoms with Gasteiger partial charge in [0, 0.05) is 6.42 Å². The van der Waals surface area contributed by atoms with Crippen molar-refractivity contribution in [2.45, 2.75) is 58.8 Å². The molecular weight excluding hydrogens is 172 g/mol. The van der Waals surface area contributed by atoms with E-state index in [-0.39, 0.29) is 0 Å². The second-order valence-electron chi connectivity index (χ2n) is 3.83. The highest BCUT2D eigenvalue weighted by atomic mass is 16.1. The Morgan fingerprint density at radius 1 is 1.07 bits per heavy atom. The molecule has 0 aromatic carbocycles. The van der Waals surface area contributed by atoms with Gasteiger partial charge in [-0.15, -0.1) is 0 Å². The van der Waals surface area contributed by atoms with E-state index >= 15 is 0 Å². The molecule has 0 aliphatic heterocycles. The molecule has 1 heteroatoms. The molecule has 0 spiro atoms. The maximum atomic E-state index is 10.2. The molecule has 0 aliphatic carbocycles. The van der Waals surface area contributed by atoms with Crippen molar-refractivity contribution in [2.24, 2.45) is 5.92 Å². The van der Waals surface area contributed by atoms with Crippen LogP contribution in [0.2, 0.25) is 0 Å². The summed E-state index contributed by atoms with van der Waals surface area (Å²) in [4.78, 5) is 10.2. The topological polar surface area (TPSA) is 17.1 Å². The fraction of sp³-hybridized carbons (Fsp3) is 0.769. The summed E-state index contributed by atoms with van der Waals surface area (Å²) in [6, 6.07) is 0. The third-order valence-corrected chi connectivity index (χ3v) is 2.66. The first-order valence-corrected chi connectivity index (χ1v) is 5.93. The quantitative estimate of drug-likeness (QED) is 0.308. The molecule has 1 atom stereocenters. The van der Waals surface area contributed by atoms with Crippen LogP contribution in [0.5, 0.6) is 0 Å². The fourth-order valence-corrected chi connectivity index (χ4v) is 1.66. The van der Waals surface area contributed by atoms with Crippen LogP contribution in [0.3, 0.4) is 0 Å². The van der Waals surface area contributed by atoms with Gasteiger partial charge in [-0.05, 0) is 31.6 Å². The minimum absolute atomic E-state index is 0.737. The van der Waals surface area contributed by atoms with Crippen LogP contribution in [0, 0.1) is 5.92 Å². The molecule has 0 radical (unpaired) electrons. The van der Waals surface area contributed by atoms with Crippen LogP contribution in [0.25, 0.3) is 0 Å². The summed E-state index contributed by atoms with van der Waals surface area (Å²) in [5.74, 6) is 0.816. The molecule has 0 aromatic rings. The zero-order valence-corrected chi connectivity index (χ0v) is 9.67. The first-order valence-electron chi connectivity index (χ1n) is 5.93. The molecule has 0 amide bonds.